The largest absolute Gasteiger partial charge is 0.481 e. The lowest BCUT2D eigenvalue weighted by molar-refractivity contribution is -0.143. The highest BCUT2D eigenvalue weighted by molar-refractivity contribution is 5.79. The Morgan fingerprint density at radius 2 is 1.92 bits per heavy atom. The Balaban J connectivity index is 1.51. The Kier molecular flexibility index (Phi) is 8.51. The fourth-order valence-electron chi connectivity index (χ4n) is 4.58. The van der Waals surface area contributed by atoms with E-state index in [0.29, 0.717) is 43.7 Å². The molecule has 1 fully saturated rings. The minimum absolute atomic E-state index is 0.00899. The molecule has 4 rings (SSSR count). The fraction of sp³-hybridized carbons (Fsp3) is 0.321. The lowest BCUT2D eigenvalue weighted by Gasteiger charge is -2.30. The van der Waals surface area contributed by atoms with Crippen molar-refractivity contribution in [3.05, 3.63) is 83.8 Å². The van der Waals surface area contributed by atoms with E-state index >= 15 is 0 Å². The van der Waals surface area contributed by atoms with Gasteiger partial charge in [0.1, 0.15) is 0 Å². The Morgan fingerprint density at radius 1 is 1.23 bits per heavy atom. The third-order valence-electron chi connectivity index (χ3n) is 6.77. The van der Waals surface area contributed by atoms with Gasteiger partial charge in [-0.2, -0.15) is 18.2 Å². The molecule has 0 atom stereocenters. The summed E-state index contributed by atoms with van der Waals surface area (Å²) in [5.41, 5.74) is 1.38. The molecular formula is C28H30F3N5O3. The summed E-state index contributed by atoms with van der Waals surface area (Å²) in [4.78, 5) is 17.4. The predicted octanol–water partition coefficient (Wildman–Crippen LogP) is 4.95. The third-order valence-corrected chi connectivity index (χ3v) is 6.77. The molecule has 0 amide bonds. The smallest absolute Gasteiger partial charge is 0.416 e. The number of rotatable bonds is 9. The number of hydrazine groups is 1. The van der Waals surface area contributed by atoms with Gasteiger partial charge in [-0.05, 0) is 55.6 Å². The molecule has 0 bridgehead atoms. The summed E-state index contributed by atoms with van der Waals surface area (Å²) >= 11 is 0. The highest BCUT2D eigenvalue weighted by Crippen LogP contribution is 2.35. The van der Waals surface area contributed by atoms with Crippen LogP contribution in [0.2, 0.25) is 0 Å². The van der Waals surface area contributed by atoms with Crippen LogP contribution in [0.4, 0.5) is 13.2 Å². The van der Waals surface area contributed by atoms with Crippen molar-refractivity contribution in [1.82, 2.24) is 20.0 Å². The molecular weight excluding hydrogens is 511 g/mol. The van der Waals surface area contributed by atoms with E-state index in [-0.39, 0.29) is 35.2 Å². The van der Waals surface area contributed by atoms with E-state index in [1.165, 1.54) is 17.1 Å². The van der Waals surface area contributed by atoms with Crippen molar-refractivity contribution in [1.29, 1.82) is 0 Å². The molecule has 1 aliphatic rings. The zero-order chi connectivity index (χ0) is 28.2. The maximum Gasteiger partial charge on any atom is 0.416 e. The molecule has 0 spiro atoms. The van der Waals surface area contributed by atoms with E-state index < -0.39 is 17.7 Å². The molecule has 3 aromatic rings. The molecule has 8 nitrogen and oxygen atoms in total. The number of carboxylic acid groups (broad SMARTS) is 1. The van der Waals surface area contributed by atoms with Crippen LogP contribution in [0.1, 0.15) is 35.4 Å². The first-order valence-electron chi connectivity index (χ1n) is 12.5. The predicted molar refractivity (Wildman–Crippen MR) is 141 cm³/mol. The molecule has 206 valence electrons. The Hall–Kier alpha value is -3.96. The second-order valence-electron chi connectivity index (χ2n) is 9.53. The number of carbonyl (C=O) groups is 1. The summed E-state index contributed by atoms with van der Waals surface area (Å²) in [6.45, 7) is 5.47. The average molecular weight is 542 g/mol. The van der Waals surface area contributed by atoms with Crippen molar-refractivity contribution in [3.63, 3.8) is 0 Å². The number of alkyl halides is 3. The molecule has 0 aliphatic carbocycles. The van der Waals surface area contributed by atoms with Gasteiger partial charge in [0.15, 0.2) is 0 Å². The van der Waals surface area contributed by atoms with Crippen LogP contribution in [0, 0.1) is 5.92 Å². The van der Waals surface area contributed by atoms with Crippen molar-refractivity contribution in [3.8, 4) is 11.4 Å². The SMILES string of the molecule is C=C(/C=C(/c1ccccc1)N(C)N)c1nc(-c2ccc(CCN3CCC(C(=O)O)CC3)c(C(F)(F)F)c2)no1. The quantitative estimate of drug-likeness (QED) is 0.223. The van der Waals surface area contributed by atoms with Crippen LogP contribution in [0.25, 0.3) is 22.7 Å². The molecule has 0 unspecified atom stereocenters. The maximum absolute atomic E-state index is 14.0. The molecule has 1 aromatic heterocycles. The van der Waals surface area contributed by atoms with Gasteiger partial charge in [0, 0.05) is 24.7 Å². The number of allylic oxidation sites excluding steroid dienone is 2. The summed E-state index contributed by atoms with van der Waals surface area (Å²) in [6.07, 6.45) is -1.74. The normalized spacial score (nSPS) is 15.4. The van der Waals surface area contributed by atoms with Crippen LogP contribution in [0.15, 0.2) is 65.7 Å². The number of benzene rings is 2. The topological polar surface area (TPSA) is 109 Å². The monoisotopic (exact) mass is 541 g/mol. The molecule has 2 heterocycles. The Labute approximate surface area is 224 Å². The molecule has 11 heteroatoms. The van der Waals surface area contributed by atoms with Gasteiger partial charge in [-0.3, -0.25) is 4.79 Å². The summed E-state index contributed by atoms with van der Waals surface area (Å²) in [7, 11) is 1.67. The van der Waals surface area contributed by atoms with Gasteiger partial charge in [-0.15, -0.1) is 0 Å². The molecule has 39 heavy (non-hydrogen) atoms. The van der Waals surface area contributed by atoms with Crippen LogP contribution in [0.5, 0.6) is 0 Å². The van der Waals surface area contributed by atoms with Gasteiger partial charge in [0.2, 0.25) is 5.82 Å². The first-order chi connectivity index (χ1) is 18.5. The summed E-state index contributed by atoms with van der Waals surface area (Å²) in [5, 5.41) is 14.4. The number of carboxylic acids is 1. The summed E-state index contributed by atoms with van der Waals surface area (Å²) in [6, 6.07) is 13.4. The van der Waals surface area contributed by atoms with E-state index in [9.17, 15) is 18.0 Å². The van der Waals surface area contributed by atoms with Crippen molar-refractivity contribution < 1.29 is 27.6 Å². The Morgan fingerprint density at radius 3 is 2.54 bits per heavy atom. The molecule has 1 saturated heterocycles. The highest BCUT2D eigenvalue weighted by atomic mass is 19.4. The molecule has 3 N–H and O–H groups in total. The fourth-order valence-corrected chi connectivity index (χ4v) is 4.58. The lowest BCUT2D eigenvalue weighted by Crippen LogP contribution is -2.37. The number of nitrogens with two attached hydrogens (primary N) is 1. The van der Waals surface area contributed by atoms with Gasteiger partial charge in [0.05, 0.1) is 17.2 Å². The maximum atomic E-state index is 14.0. The second-order valence-corrected chi connectivity index (χ2v) is 9.53. The molecule has 2 aromatic carbocycles. The van der Waals surface area contributed by atoms with Gasteiger partial charge >= 0.3 is 12.1 Å². The Bertz CT molecular complexity index is 1340. The van der Waals surface area contributed by atoms with Gasteiger partial charge < -0.3 is 19.5 Å². The van der Waals surface area contributed by atoms with Gasteiger partial charge in [0.25, 0.3) is 5.89 Å². The molecule has 0 saturated carbocycles. The number of nitrogens with zero attached hydrogens (tertiary/aromatic N) is 4. The lowest BCUT2D eigenvalue weighted by atomic mass is 9.96. The van der Waals surface area contributed by atoms with E-state index in [1.54, 1.807) is 13.1 Å². The minimum atomic E-state index is -4.57. The molecule has 1 aliphatic heterocycles. The minimum Gasteiger partial charge on any atom is -0.481 e. The number of aliphatic carboxylic acids is 1. The van der Waals surface area contributed by atoms with Crippen LogP contribution in [0.3, 0.4) is 0 Å². The second kappa shape index (κ2) is 11.8. The zero-order valence-corrected chi connectivity index (χ0v) is 21.5. The summed E-state index contributed by atoms with van der Waals surface area (Å²) < 4.78 is 47.3. The first kappa shape index (κ1) is 28.1. The van der Waals surface area contributed by atoms with Gasteiger partial charge in [-0.25, -0.2) is 5.84 Å². The number of halogens is 3. The molecule has 0 radical (unpaired) electrons. The van der Waals surface area contributed by atoms with Crippen LogP contribution in [-0.2, 0) is 17.4 Å². The number of likely N-dealkylation sites (tertiary alicyclic amines) is 1. The van der Waals surface area contributed by atoms with Crippen molar-refractivity contribution >= 4 is 17.2 Å². The zero-order valence-electron chi connectivity index (χ0n) is 21.5. The number of aromatic nitrogens is 2. The van der Waals surface area contributed by atoms with Crippen molar-refractivity contribution in [2.75, 3.05) is 26.7 Å². The highest BCUT2D eigenvalue weighted by Gasteiger charge is 2.34. The number of piperidine rings is 1. The van der Waals surface area contributed by atoms with Crippen molar-refractivity contribution in [2.45, 2.75) is 25.4 Å². The van der Waals surface area contributed by atoms with E-state index in [1.807, 2.05) is 35.2 Å². The van der Waals surface area contributed by atoms with Crippen LogP contribution < -0.4 is 5.84 Å². The van der Waals surface area contributed by atoms with E-state index in [0.717, 1.165) is 11.6 Å². The van der Waals surface area contributed by atoms with Crippen LogP contribution in [-0.4, -0.2) is 57.8 Å². The summed E-state index contributed by atoms with van der Waals surface area (Å²) in [5.74, 6) is 4.83. The third kappa shape index (κ3) is 6.92. The standard InChI is InChI=1S/C28H30F3N5O3/c1-18(16-24(35(2)32)20-6-4-3-5-7-20)26-33-25(34-39-26)22-9-8-19(23(17-22)28(29,30)31)10-13-36-14-11-21(12-15-36)27(37)38/h3-9,16-17,21H,1,10-15,32H2,2H3,(H,37,38)/b24-16-. The van der Waals surface area contributed by atoms with E-state index in [2.05, 4.69) is 16.7 Å². The number of hydrogen-bond acceptors (Lipinski definition) is 7. The van der Waals surface area contributed by atoms with Crippen molar-refractivity contribution in [2.24, 2.45) is 11.8 Å². The first-order valence-corrected chi connectivity index (χ1v) is 12.5. The average Bonchev–Trinajstić information content (AvgIpc) is 3.41. The van der Waals surface area contributed by atoms with Gasteiger partial charge in [-0.1, -0.05) is 54.2 Å². The number of hydrogen-bond donors (Lipinski definition) is 2. The van der Waals surface area contributed by atoms with Crippen LogP contribution >= 0.6 is 0 Å². The van der Waals surface area contributed by atoms with E-state index in [4.69, 9.17) is 15.5 Å².